The van der Waals surface area contributed by atoms with Gasteiger partial charge in [-0.25, -0.2) is 0 Å². The van der Waals surface area contributed by atoms with Crippen LogP contribution in [-0.4, -0.2) is 16.0 Å². The molecule has 4 aliphatic carbocycles. The molecule has 0 spiro atoms. The zero-order chi connectivity index (χ0) is 10.5. The van der Waals surface area contributed by atoms with Crippen LogP contribution < -0.4 is 0 Å². The lowest BCUT2D eigenvalue weighted by atomic mass is 9.54. The number of hydrogen-bond acceptors (Lipinski definition) is 2. The molecule has 0 atom stereocenters. The molecule has 2 nitrogen and oxygen atoms in total. The SMILES string of the molecule is O=C(CI)OC12CC3CC(CC(C3)C1)C2. The quantitative estimate of drug-likeness (QED) is 0.444. The van der Waals surface area contributed by atoms with E-state index in [1.165, 1.54) is 19.3 Å². The van der Waals surface area contributed by atoms with Crippen LogP contribution in [0.1, 0.15) is 38.5 Å². The molecule has 0 aliphatic heterocycles. The molecule has 4 saturated carbocycles. The van der Waals surface area contributed by atoms with E-state index in [-0.39, 0.29) is 11.6 Å². The Morgan fingerprint density at radius 1 is 1.13 bits per heavy atom. The van der Waals surface area contributed by atoms with E-state index in [4.69, 9.17) is 4.74 Å². The lowest BCUT2D eigenvalue weighted by molar-refractivity contribution is -0.183. The van der Waals surface area contributed by atoms with Crippen LogP contribution in [0.4, 0.5) is 0 Å². The Bertz CT molecular complexity index is 252. The fourth-order valence-electron chi connectivity index (χ4n) is 4.42. The van der Waals surface area contributed by atoms with Crippen LogP contribution in [0.5, 0.6) is 0 Å². The first-order valence-corrected chi connectivity index (χ1v) is 7.49. The highest BCUT2D eigenvalue weighted by Crippen LogP contribution is 2.57. The summed E-state index contributed by atoms with van der Waals surface area (Å²) in [5.74, 6) is 2.58. The van der Waals surface area contributed by atoms with E-state index in [2.05, 4.69) is 22.6 Å². The van der Waals surface area contributed by atoms with E-state index in [0.29, 0.717) is 4.43 Å². The third kappa shape index (κ3) is 1.81. The Balaban J connectivity index is 1.78. The molecule has 4 aliphatic rings. The molecule has 0 N–H and O–H groups in total. The number of esters is 1. The van der Waals surface area contributed by atoms with Gasteiger partial charge < -0.3 is 4.74 Å². The zero-order valence-corrected chi connectivity index (χ0v) is 11.0. The molecule has 84 valence electrons. The minimum absolute atomic E-state index is 0.00227. The molecule has 0 aromatic carbocycles. The number of ether oxygens (including phenoxy) is 1. The van der Waals surface area contributed by atoms with Gasteiger partial charge in [-0.05, 0) is 56.3 Å². The maximum atomic E-state index is 11.5. The maximum absolute atomic E-state index is 11.5. The van der Waals surface area contributed by atoms with Crippen LogP contribution in [0.2, 0.25) is 0 Å². The lowest BCUT2D eigenvalue weighted by Crippen LogP contribution is -2.52. The van der Waals surface area contributed by atoms with E-state index in [9.17, 15) is 4.79 Å². The Labute approximate surface area is 104 Å². The first-order chi connectivity index (χ1) is 7.19. The Morgan fingerprint density at radius 2 is 1.60 bits per heavy atom. The maximum Gasteiger partial charge on any atom is 0.316 e. The van der Waals surface area contributed by atoms with Crippen molar-refractivity contribution in [3.8, 4) is 0 Å². The highest BCUT2D eigenvalue weighted by molar-refractivity contribution is 14.1. The van der Waals surface area contributed by atoms with Crippen LogP contribution in [-0.2, 0) is 9.53 Å². The van der Waals surface area contributed by atoms with Gasteiger partial charge in [0, 0.05) is 0 Å². The summed E-state index contributed by atoms with van der Waals surface area (Å²) in [6, 6.07) is 0. The van der Waals surface area contributed by atoms with Gasteiger partial charge in [0.2, 0.25) is 0 Å². The van der Waals surface area contributed by atoms with Gasteiger partial charge in [-0.1, -0.05) is 22.6 Å². The highest BCUT2D eigenvalue weighted by Gasteiger charge is 2.53. The van der Waals surface area contributed by atoms with Gasteiger partial charge in [0.25, 0.3) is 0 Å². The Kier molecular flexibility index (Phi) is 2.49. The lowest BCUT2D eigenvalue weighted by Gasteiger charge is -2.55. The molecule has 0 heterocycles. The van der Waals surface area contributed by atoms with Gasteiger partial charge in [-0.2, -0.15) is 0 Å². The number of rotatable bonds is 2. The van der Waals surface area contributed by atoms with Crippen LogP contribution in [0.15, 0.2) is 0 Å². The van der Waals surface area contributed by atoms with Crippen LogP contribution in [0.3, 0.4) is 0 Å². The molecule has 4 fully saturated rings. The second-order valence-corrected chi connectivity index (χ2v) is 6.47. The van der Waals surface area contributed by atoms with Crippen molar-refractivity contribution in [2.24, 2.45) is 17.8 Å². The number of halogens is 1. The van der Waals surface area contributed by atoms with Crippen molar-refractivity contribution in [2.75, 3.05) is 4.43 Å². The number of alkyl halides is 1. The van der Waals surface area contributed by atoms with E-state index < -0.39 is 0 Å². The molecule has 0 aromatic heterocycles. The van der Waals surface area contributed by atoms with Crippen LogP contribution in [0, 0.1) is 17.8 Å². The summed E-state index contributed by atoms with van der Waals surface area (Å²) in [6.07, 6.45) is 7.67. The zero-order valence-electron chi connectivity index (χ0n) is 8.88. The Hall–Kier alpha value is 0.200. The molecular weight excluding hydrogens is 303 g/mol. The van der Waals surface area contributed by atoms with E-state index in [1.807, 2.05) is 0 Å². The average molecular weight is 320 g/mol. The summed E-state index contributed by atoms with van der Waals surface area (Å²) < 4.78 is 6.25. The standard InChI is InChI=1S/C12H17IO2/c13-7-11(14)15-12-4-8-1-9(5-12)3-10(2-8)6-12/h8-10H,1-7H2. The Morgan fingerprint density at radius 3 is 2.00 bits per heavy atom. The summed E-state index contributed by atoms with van der Waals surface area (Å²) >= 11 is 2.10. The van der Waals surface area contributed by atoms with Gasteiger partial charge in [-0.3, -0.25) is 4.79 Å². The van der Waals surface area contributed by atoms with Crippen molar-refractivity contribution in [3.63, 3.8) is 0 Å². The third-order valence-electron chi connectivity index (χ3n) is 4.42. The topological polar surface area (TPSA) is 26.3 Å². The van der Waals surface area contributed by atoms with Crippen molar-refractivity contribution in [2.45, 2.75) is 44.1 Å². The first-order valence-electron chi connectivity index (χ1n) is 5.97. The molecule has 15 heavy (non-hydrogen) atoms. The van der Waals surface area contributed by atoms with Gasteiger partial charge in [0.1, 0.15) is 5.60 Å². The van der Waals surface area contributed by atoms with Crippen LogP contribution in [0.25, 0.3) is 0 Å². The second kappa shape index (κ2) is 3.60. The molecule has 4 bridgehead atoms. The fourth-order valence-corrected chi connectivity index (χ4v) is 4.58. The summed E-state index contributed by atoms with van der Waals surface area (Å²) in [4.78, 5) is 11.5. The minimum Gasteiger partial charge on any atom is -0.458 e. The van der Waals surface area contributed by atoms with Crippen molar-refractivity contribution < 1.29 is 9.53 Å². The van der Waals surface area contributed by atoms with Crippen molar-refractivity contribution >= 4 is 28.6 Å². The van der Waals surface area contributed by atoms with E-state index >= 15 is 0 Å². The highest BCUT2D eigenvalue weighted by atomic mass is 127. The summed E-state index contributed by atoms with van der Waals surface area (Å²) in [7, 11) is 0. The van der Waals surface area contributed by atoms with Crippen LogP contribution >= 0.6 is 22.6 Å². The van der Waals surface area contributed by atoms with Crippen molar-refractivity contribution in [3.05, 3.63) is 0 Å². The number of hydrogen-bond donors (Lipinski definition) is 0. The normalized spacial score (nSPS) is 46.9. The summed E-state index contributed by atoms with van der Waals surface area (Å²) in [5, 5.41) is 0. The average Bonchev–Trinajstić information content (AvgIpc) is 2.14. The third-order valence-corrected chi connectivity index (χ3v) is 5.04. The van der Waals surface area contributed by atoms with Crippen molar-refractivity contribution in [1.82, 2.24) is 0 Å². The minimum atomic E-state index is -0.0307. The summed E-state index contributed by atoms with van der Waals surface area (Å²) in [6.45, 7) is 0. The fraction of sp³-hybridized carbons (Fsp3) is 0.917. The molecule has 0 unspecified atom stereocenters. The summed E-state index contributed by atoms with van der Waals surface area (Å²) in [5.41, 5.74) is -0.0307. The van der Waals surface area contributed by atoms with Gasteiger partial charge >= 0.3 is 5.97 Å². The monoisotopic (exact) mass is 320 g/mol. The smallest absolute Gasteiger partial charge is 0.316 e. The van der Waals surface area contributed by atoms with Gasteiger partial charge in [0.05, 0.1) is 4.43 Å². The molecule has 4 rings (SSSR count). The molecular formula is C12H17IO2. The molecule has 3 heteroatoms. The first kappa shape index (κ1) is 10.4. The van der Waals surface area contributed by atoms with Gasteiger partial charge in [0.15, 0.2) is 0 Å². The molecule has 0 aromatic rings. The number of carbonyl (C=O) groups excluding carboxylic acids is 1. The predicted molar refractivity (Wildman–Crippen MR) is 65.9 cm³/mol. The van der Waals surface area contributed by atoms with E-state index in [1.54, 1.807) is 0 Å². The molecule has 0 saturated heterocycles. The van der Waals surface area contributed by atoms with Gasteiger partial charge in [-0.15, -0.1) is 0 Å². The predicted octanol–water partition coefficient (Wildman–Crippen LogP) is 2.93. The van der Waals surface area contributed by atoms with E-state index in [0.717, 1.165) is 37.0 Å². The second-order valence-electron chi connectivity index (χ2n) is 5.71. The molecule has 0 radical (unpaired) electrons. The molecule has 0 amide bonds. The number of carbonyl (C=O) groups is 1. The largest absolute Gasteiger partial charge is 0.458 e. The van der Waals surface area contributed by atoms with Crippen molar-refractivity contribution in [1.29, 1.82) is 0 Å².